The number of aliphatic hydroxyl groups is 1. The molecule has 3 heterocycles. The molecule has 1 fully saturated rings. The number of fused-ring (bicyclic) bond motifs is 2. The van der Waals surface area contributed by atoms with Gasteiger partial charge in [-0.15, -0.1) is 0 Å². The van der Waals surface area contributed by atoms with Crippen molar-refractivity contribution in [1.29, 1.82) is 0 Å². The zero-order chi connectivity index (χ0) is 25.6. The van der Waals surface area contributed by atoms with Crippen molar-refractivity contribution in [1.82, 2.24) is 30.4 Å². The number of piperazine rings is 1. The first-order valence-electron chi connectivity index (χ1n) is 11.8. The summed E-state index contributed by atoms with van der Waals surface area (Å²) in [7, 11) is 1.66. The van der Waals surface area contributed by atoms with E-state index in [2.05, 4.69) is 44.4 Å². The van der Waals surface area contributed by atoms with Crippen LogP contribution in [0.5, 0.6) is 5.75 Å². The Morgan fingerprint density at radius 2 is 1.97 bits per heavy atom. The maximum atomic E-state index is 14.9. The highest BCUT2D eigenvalue weighted by Crippen LogP contribution is 2.36. The summed E-state index contributed by atoms with van der Waals surface area (Å²) in [6, 6.07) is 7.76. The number of nitrogens with zero attached hydrogens (tertiary/aromatic N) is 5. The van der Waals surface area contributed by atoms with Crippen molar-refractivity contribution in [3.05, 3.63) is 42.0 Å². The highest BCUT2D eigenvalue weighted by atomic mass is 19.1. The molecule has 10 nitrogen and oxygen atoms in total. The molecule has 1 aliphatic heterocycles. The fourth-order valence-corrected chi connectivity index (χ4v) is 4.81. The van der Waals surface area contributed by atoms with Crippen molar-refractivity contribution in [2.45, 2.75) is 25.9 Å². The number of aromatic hydroxyl groups is 1. The van der Waals surface area contributed by atoms with E-state index in [9.17, 15) is 19.4 Å². The zero-order valence-corrected chi connectivity index (χ0v) is 20.3. The molecule has 5 rings (SSSR count). The van der Waals surface area contributed by atoms with Crippen molar-refractivity contribution in [3.8, 4) is 17.1 Å². The topological polar surface area (TPSA) is 128 Å². The molecule has 0 bridgehead atoms. The van der Waals surface area contributed by atoms with Gasteiger partial charge in [0, 0.05) is 61.4 Å². The Balaban J connectivity index is 1.67. The first-order valence-corrected chi connectivity index (χ1v) is 11.8. The number of hydrogen-bond donors (Lipinski definition) is 4. The molecule has 0 saturated carbocycles. The predicted molar refractivity (Wildman–Crippen MR) is 135 cm³/mol. The molecule has 2 aromatic carbocycles. The van der Waals surface area contributed by atoms with E-state index in [0.29, 0.717) is 28.4 Å². The van der Waals surface area contributed by atoms with E-state index in [1.54, 1.807) is 25.4 Å². The Kier molecular flexibility index (Phi) is 6.19. The molecule has 1 amide bonds. The first-order chi connectivity index (χ1) is 17.2. The van der Waals surface area contributed by atoms with Crippen molar-refractivity contribution >= 4 is 33.4 Å². The first kappa shape index (κ1) is 23.9. The summed E-state index contributed by atoms with van der Waals surface area (Å²) in [6.45, 7) is 5.67. The lowest BCUT2D eigenvalue weighted by Crippen LogP contribution is -2.54. The van der Waals surface area contributed by atoms with E-state index in [1.807, 2.05) is 12.1 Å². The summed E-state index contributed by atoms with van der Waals surface area (Å²) in [5.74, 6) is -2.01. The van der Waals surface area contributed by atoms with E-state index in [0.717, 1.165) is 18.8 Å². The number of hydrogen-bond acceptors (Lipinski definition) is 8. The lowest BCUT2D eigenvalue weighted by Gasteiger charge is -2.37. The summed E-state index contributed by atoms with van der Waals surface area (Å²) in [6.07, 6.45) is 1.62. The van der Waals surface area contributed by atoms with Gasteiger partial charge in [-0.1, -0.05) is 0 Å². The van der Waals surface area contributed by atoms with Crippen LogP contribution in [0.1, 0.15) is 24.3 Å². The zero-order valence-electron chi connectivity index (χ0n) is 20.3. The number of aromatic nitrogens is 4. The normalized spacial score (nSPS) is 18.2. The molecular weight excluding hydrogens is 465 g/mol. The van der Waals surface area contributed by atoms with E-state index in [-0.39, 0.29) is 35.8 Å². The number of aryl methyl sites for hydroxylation is 1. The average molecular weight is 494 g/mol. The Labute approximate surface area is 206 Å². The summed E-state index contributed by atoms with van der Waals surface area (Å²) < 4.78 is 16.4. The molecule has 188 valence electrons. The molecule has 0 spiro atoms. The van der Waals surface area contributed by atoms with Crippen LogP contribution in [0.3, 0.4) is 0 Å². The number of carbonyl (C=O) groups excluding carboxylic acids is 1. The van der Waals surface area contributed by atoms with Crippen molar-refractivity contribution in [2.75, 3.05) is 31.1 Å². The van der Waals surface area contributed by atoms with Crippen LogP contribution in [0, 0.1) is 5.82 Å². The van der Waals surface area contributed by atoms with Crippen LogP contribution in [-0.2, 0) is 7.05 Å². The SMILES string of the molecule is C[C@H]1CN(c2ccc3nc(-c4cc5cn(C)nc5c(F)c4O)nc(C(=O)NCCO)c3c2)C[C@H](C)N1. The largest absolute Gasteiger partial charge is 0.504 e. The highest BCUT2D eigenvalue weighted by Gasteiger charge is 2.24. The summed E-state index contributed by atoms with van der Waals surface area (Å²) in [4.78, 5) is 24.4. The number of rotatable bonds is 5. The number of anilines is 1. The molecule has 2 atom stereocenters. The fourth-order valence-electron chi connectivity index (χ4n) is 4.81. The highest BCUT2D eigenvalue weighted by molar-refractivity contribution is 6.06. The van der Waals surface area contributed by atoms with Crippen LogP contribution in [0.25, 0.3) is 33.2 Å². The number of amides is 1. The van der Waals surface area contributed by atoms with Gasteiger partial charge >= 0.3 is 0 Å². The molecule has 0 unspecified atom stereocenters. The maximum Gasteiger partial charge on any atom is 0.270 e. The van der Waals surface area contributed by atoms with Crippen LogP contribution in [0.15, 0.2) is 30.5 Å². The number of nitrogens with one attached hydrogen (secondary N) is 2. The van der Waals surface area contributed by atoms with E-state index in [1.165, 1.54) is 4.68 Å². The van der Waals surface area contributed by atoms with Gasteiger partial charge < -0.3 is 25.7 Å². The number of phenols is 1. The lowest BCUT2D eigenvalue weighted by molar-refractivity contribution is 0.0941. The maximum absolute atomic E-state index is 14.9. The third-order valence-electron chi connectivity index (χ3n) is 6.28. The molecule has 0 radical (unpaired) electrons. The molecule has 1 saturated heterocycles. The Morgan fingerprint density at radius 1 is 1.22 bits per heavy atom. The summed E-state index contributed by atoms with van der Waals surface area (Å²) in [5.41, 5.74) is 1.57. The van der Waals surface area contributed by atoms with Crippen LogP contribution in [0.4, 0.5) is 10.1 Å². The second kappa shape index (κ2) is 9.32. The van der Waals surface area contributed by atoms with Crippen molar-refractivity contribution in [2.24, 2.45) is 7.05 Å². The Hall–Kier alpha value is -3.83. The lowest BCUT2D eigenvalue weighted by atomic mass is 10.1. The van der Waals surface area contributed by atoms with Gasteiger partial charge in [0.15, 0.2) is 17.4 Å². The van der Waals surface area contributed by atoms with Gasteiger partial charge in [0.2, 0.25) is 0 Å². The molecule has 36 heavy (non-hydrogen) atoms. The summed E-state index contributed by atoms with van der Waals surface area (Å²) in [5, 5.41) is 31.0. The average Bonchev–Trinajstić information content (AvgIpc) is 3.23. The van der Waals surface area contributed by atoms with Crippen molar-refractivity contribution in [3.63, 3.8) is 0 Å². The standard InChI is InChI=1S/C25H28FN7O3/c1-13-10-33(11-14(2)28-13)16-4-5-19-17(9-16)22(25(36)27-6-7-34)30-24(29-19)18-8-15-12-32(3)31-21(15)20(26)23(18)35/h4-5,8-9,12-14,28,34-35H,6-7,10-11H2,1-3H3,(H,27,36)/t13-,14-/m0/s1. The number of aliphatic hydroxyl groups excluding tert-OH is 1. The van der Waals surface area contributed by atoms with Gasteiger partial charge in [-0.3, -0.25) is 9.48 Å². The smallest absolute Gasteiger partial charge is 0.270 e. The molecule has 11 heteroatoms. The Bertz CT molecular complexity index is 1460. The second-order valence-electron chi connectivity index (χ2n) is 9.28. The third kappa shape index (κ3) is 4.31. The molecule has 2 aromatic heterocycles. The third-order valence-corrected chi connectivity index (χ3v) is 6.28. The molecule has 4 aromatic rings. The predicted octanol–water partition coefficient (Wildman–Crippen LogP) is 1.94. The molecule has 0 aliphatic carbocycles. The number of carbonyl (C=O) groups is 1. The van der Waals surface area contributed by atoms with Gasteiger partial charge in [-0.25, -0.2) is 14.4 Å². The van der Waals surface area contributed by atoms with Gasteiger partial charge in [0.25, 0.3) is 5.91 Å². The minimum absolute atomic E-state index is 0.0102. The molecule has 1 aliphatic rings. The minimum atomic E-state index is -0.879. The second-order valence-corrected chi connectivity index (χ2v) is 9.28. The van der Waals surface area contributed by atoms with Crippen LogP contribution >= 0.6 is 0 Å². The van der Waals surface area contributed by atoms with Crippen molar-refractivity contribution < 1.29 is 19.4 Å². The number of halogens is 1. The fraction of sp³-hybridized carbons (Fsp3) is 0.360. The van der Waals surface area contributed by atoms with Crippen LogP contribution in [-0.4, -0.2) is 74.2 Å². The quantitative estimate of drug-likeness (QED) is 0.332. The Morgan fingerprint density at radius 3 is 2.69 bits per heavy atom. The van der Waals surface area contributed by atoms with E-state index in [4.69, 9.17) is 0 Å². The molecular formula is C25H28FN7O3. The minimum Gasteiger partial charge on any atom is -0.504 e. The van der Waals surface area contributed by atoms with Gasteiger partial charge in [-0.05, 0) is 38.1 Å². The van der Waals surface area contributed by atoms with Gasteiger partial charge in [0.05, 0.1) is 17.7 Å². The molecule has 4 N–H and O–H groups in total. The van der Waals surface area contributed by atoms with E-state index >= 15 is 0 Å². The van der Waals surface area contributed by atoms with Gasteiger partial charge in [-0.2, -0.15) is 5.10 Å². The summed E-state index contributed by atoms with van der Waals surface area (Å²) >= 11 is 0. The van der Waals surface area contributed by atoms with Gasteiger partial charge in [0.1, 0.15) is 11.2 Å². The number of phenolic OH excluding ortho intramolecular Hbond substituents is 1. The van der Waals surface area contributed by atoms with Crippen LogP contribution < -0.4 is 15.5 Å². The number of benzene rings is 2. The van der Waals surface area contributed by atoms with Crippen LogP contribution in [0.2, 0.25) is 0 Å². The van der Waals surface area contributed by atoms with E-state index < -0.39 is 17.5 Å². The monoisotopic (exact) mass is 493 g/mol.